The van der Waals surface area contributed by atoms with Crippen LogP contribution in [0.4, 0.5) is 0 Å². The van der Waals surface area contributed by atoms with Crippen LogP contribution in [0.5, 0.6) is 0 Å². The lowest BCUT2D eigenvalue weighted by Crippen LogP contribution is -2.40. The number of aromatic nitrogens is 2. The molecule has 0 unspecified atom stereocenters. The molecule has 2 aromatic rings. The van der Waals surface area contributed by atoms with Gasteiger partial charge < -0.3 is 5.32 Å². The van der Waals surface area contributed by atoms with Crippen molar-refractivity contribution < 1.29 is 0 Å². The quantitative estimate of drug-likeness (QED) is 0.839. The monoisotopic (exact) mass is 271 g/mol. The summed E-state index contributed by atoms with van der Waals surface area (Å²) in [6.45, 7) is 5.55. The fraction of sp³-hybridized carbons (Fsp3) is 0.471. The zero-order valence-corrected chi connectivity index (χ0v) is 12.8. The van der Waals surface area contributed by atoms with Gasteiger partial charge >= 0.3 is 0 Å². The molecule has 0 aliphatic rings. The van der Waals surface area contributed by atoms with Crippen molar-refractivity contribution in [2.24, 2.45) is 7.05 Å². The van der Waals surface area contributed by atoms with E-state index in [0.29, 0.717) is 0 Å². The van der Waals surface area contributed by atoms with Crippen LogP contribution in [0.25, 0.3) is 0 Å². The Balaban J connectivity index is 1.73. The summed E-state index contributed by atoms with van der Waals surface area (Å²) in [6.07, 6.45) is 7.32. The minimum Gasteiger partial charge on any atom is -0.311 e. The van der Waals surface area contributed by atoms with E-state index in [-0.39, 0.29) is 5.54 Å². The zero-order valence-electron chi connectivity index (χ0n) is 12.8. The van der Waals surface area contributed by atoms with E-state index in [4.69, 9.17) is 0 Å². The van der Waals surface area contributed by atoms with Gasteiger partial charge in [0.2, 0.25) is 0 Å². The van der Waals surface area contributed by atoms with Crippen LogP contribution < -0.4 is 5.32 Å². The van der Waals surface area contributed by atoms with Gasteiger partial charge in [-0.25, -0.2) is 0 Å². The first-order valence-corrected chi connectivity index (χ1v) is 7.32. The zero-order chi connectivity index (χ0) is 14.4. The van der Waals surface area contributed by atoms with Gasteiger partial charge in [0.15, 0.2) is 0 Å². The van der Waals surface area contributed by atoms with Crippen molar-refractivity contribution in [3.05, 3.63) is 53.9 Å². The summed E-state index contributed by atoms with van der Waals surface area (Å²) in [7, 11) is 1.96. The molecule has 0 radical (unpaired) electrons. The van der Waals surface area contributed by atoms with E-state index < -0.39 is 0 Å². The third-order valence-electron chi connectivity index (χ3n) is 3.66. The van der Waals surface area contributed by atoms with Crippen LogP contribution in [-0.4, -0.2) is 21.9 Å². The van der Waals surface area contributed by atoms with Crippen molar-refractivity contribution in [1.29, 1.82) is 0 Å². The molecule has 3 nitrogen and oxygen atoms in total. The third kappa shape index (κ3) is 4.82. The Labute approximate surface area is 122 Å². The summed E-state index contributed by atoms with van der Waals surface area (Å²) in [6, 6.07) is 10.7. The van der Waals surface area contributed by atoms with Crippen molar-refractivity contribution in [1.82, 2.24) is 15.1 Å². The molecule has 0 saturated heterocycles. The third-order valence-corrected chi connectivity index (χ3v) is 3.66. The average molecular weight is 271 g/mol. The van der Waals surface area contributed by atoms with Crippen LogP contribution in [0, 0.1) is 0 Å². The highest BCUT2D eigenvalue weighted by molar-refractivity contribution is 5.15. The number of nitrogens with zero attached hydrogens (tertiary/aromatic N) is 2. The second kappa shape index (κ2) is 6.71. The topological polar surface area (TPSA) is 29.9 Å². The molecule has 0 aliphatic heterocycles. The number of nitrogens with one attached hydrogen (secondary N) is 1. The van der Waals surface area contributed by atoms with Crippen LogP contribution in [-0.2, 0) is 19.9 Å². The van der Waals surface area contributed by atoms with E-state index in [1.165, 1.54) is 11.1 Å². The van der Waals surface area contributed by atoms with Crippen molar-refractivity contribution in [3.63, 3.8) is 0 Å². The molecule has 0 spiro atoms. The molecule has 0 fully saturated rings. The summed E-state index contributed by atoms with van der Waals surface area (Å²) >= 11 is 0. The van der Waals surface area contributed by atoms with E-state index >= 15 is 0 Å². The van der Waals surface area contributed by atoms with E-state index in [0.717, 1.165) is 25.8 Å². The lowest BCUT2D eigenvalue weighted by Gasteiger charge is -2.26. The minimum atomic E-state index is 0.165. The van der Waals surface area contributed by atoms with Gasteiger partial charge in [0.25, 0.3) is 0 Å². The maximum absolute atomic E-state index is 4.20. The van der Waals surface area contributed by atoms with Crippen molar-refractivity contribution >= 4 is 0 Å². The van der Waals surface area contributed by atoms with Gasteiger partial charge in [-0.3, -0.25) is 4.68 Å². The highest BCUT2D eigenvalue weighted by atomic mass is 15.2. The number of hydrogen-bond donors (Lipinski definition) is 1. The highest BCUT2D eigenvalue weighted by Gasteiger charge is 2.16. The molecule has 20 heavy (non-hydrogen) atoms. The van der Waals surface area contributed by atoms with Gasteiger partial charge in [-0.2, -0.15) is 5.10 Å². The molecule has 0 aliphatic carbocycles. The number of benzene rings is 1. The normalized spacial score (nSPS) is 11.8. The number of hydrogen-bond acceptors (Lipinski definition) is 2. The minimum absolute atomic E-state index is 0.165. The Morgan fingerprint density at radius 3 is 2.50 bits per heavy atom. The van der Waals surface area contributed by atoms with Gasteiger partial charge in [-0.1, -0.05) is 30.3 Å². The molecule has 1 heterocycles. The molecule has 0 atom stereocenters. The Hall–Kier alpha value is -1.61. The van der Waals surface area contributed by atoms with E-state index in [2.05, 4.69) is 60.8 Å². The fourth-order valence-electron chi connectivity index (χ4n) is 2.34. The molecular formula is C17H25N3. The molecule has 0 amide bonds. The maximum atomic E-state index is 4.20. The standard InChI is InChI=1S/C17H25N3/c1-17(2,11-9-15-7-5-4-6-8-15)18-12-10-16-13-19-20(3)14-16/h4-8,13-14,18H,9-12H2,1-3H3. The summed E-state index contributed by atoms with van der Waals surface area (Å²) < 4.78 is 1.86. The Morgan fingerprint density at radius 1 is 1.10 bits per heavy atom. The van der Waals surface area contributed by atoms with Gasteiger partial charge in [0.05, 0.1) is 6.20 Å². The van der Waals surface area contributed by atoms with Crippen LogP contribution in [0.15, 0.2) is 42.7 Å². The largest absolute Gasteiger partial charge is 0.311 e. The van der Waals surface area contributed by atoms with Crippen molar-refractivity contribution in [3.8, 4) is 0 Å². The second-order valence-corrected chi connectivity index (χ2v) is 6.07. The van der Waals surface area contributed by atoms with E-state index in [9.17, 15) is 0 Å². The van der Waals surface area contributed by atoms with E-state index in [1.807, 2.05) is 17.9 Å². The van der Waals surface area contributed by atoms with Gasteiger partial charge in [-0.05, 0) is 50.8 Å². The van der Waals surface area contributed by atoms with Gasteiger partial charge in [0, 0.05) is 18.8 Å². The molecule has 2 rings (SSSR count). The van der Waals surface area contributed by atoms with Crippen molar-refractivity contribution in [2.75, 3.05) is 6.54 Å². The molecule has 3 heteroatoms. The first kappa shape index (κ1) is 14.8. The summed E-state index contributed by atoms with van der Waals surface area (Å²) in [4.78, 5) is 0. The Kier molecular flexibility index (Phi) is 4.96. The number of rotatable bonds is 7. The molecule has 0 saturated carbocycles. The van der Waals surface area contributed by atoms with Crippen LogP contribution in [0.3, 0.4) is 0 Å². The predicted octanol–water partition coefficient (Wildman–Crippen LogP) is 2.96. The van der Waals surface area contributed by atoms with Gasteiger partial charge in [0.1, 0.15) is 0 Å². The lowest BCUT2D eigenvalue weighted by molar-refractivity contribution is 0.365. The lowest BCUT2D eigenvalue weighted by atomic mass is 9.95. The van der Waals surface area contributed by atoms with Gasteiger partial charge in [-0.15, -0.1) is 0 Å². The summed E-state index contributed by atoms with van der Waals surface area (Å²) in [5.41, 5.74) is 2.87. The molecule has 0 bridgehead atoms. The molecular weight excluding hydrogens is 246 g/mol. The molecule has 1 aromatic carbocycles. The summed E-state index contributed by atoms with van der Waals surface area (Å²) in [5, 5.41) is 7.85. The summed E-state index contributed by atoms with van der Waals surface area (Å²) in [5.74, 6) is 0. The predicted molar refractivity (Wildman–Crippen MR) is 83.8 cm³/mol. The first-order valence-electron chi connectivity index (χ1n) is 7.32. The average Bonchev–Trinajstić information content (AvgIpc) is 2.83. The second-order valence-electron chi connectivity index (χ2n) is 6.07. The van der Waals surface area contributed by atoms with Crippen LogP contribution >= 0.6 is 0 Å². The molecule has 108 valence electrons. The van der Waals surface area contributed by atoms with Crippen LogP contribution in [0.2, 0.25) is 0 Å². The SMILES string of the molecule is Cn1cc(CCNC(C)(C)CCc2ccccc2)cn1. The molecule has 1 N–H and O–H groups in total. The highest BCUT2D eigenvalue weighted by Crippen LogP contribution is 2.13. The molecule has 1 aromatic heterocycles. The van der Waals surface area contributed by atoms with Crippen LogP contribution in [0.1, 0.15) is 31.4 Å². The maximum Gasteiger partial charge on any atom is 0.0522 e. The fourth-order valence-corrected chi connectivity index (χ4v) is 2.34. The van der Waals surface area contributed by atoms with Crippen molar-refractivity contribution in [2.45, 2.75) is 38.6 Å². The Bertz CT molecular complexity index is 514. The first-order chi connectivity index (χ1) is 9.55. The Morgan fingerprint density at radius 2 is 1.85 bits per heavy atom. The van der Waals surface area contributed by atoms with E-state index in [1.54, 1.807) is 0 Å². The number of aryl methyl sites for hydroxylation is 2. The smallest absolute Gasteiger partial charge is 0.0522 e.